The van der Waals surface area contributed by atoms with Crippen LogP contribution in [0.3, 0.4) is 0 Å². The average molecular weight is 514 g/mol. The fourth-order valence-electron chi connectivity index (χ4n) is 3.63. The molecule has 0 saturated heterocycles. The minimum Gasteiger partial charge on any atom is -0.494 e. The van der Waals surface area contributed by atoms with Crippen molar-refractivity contribution in [2.75, 3.05) is 11.9 Å². The third-order valence-corrected chi connectivity index (χ3v) is 6.72. The Morgan fingerprint density at radius 1 is 1.06 bits per heavy atom. The van der Waals surface area contributed by atoms with E-state index in [1.54, 1.807) is 31.2 Å². The summed E-state index contributed by atoms with van der Waals surface area (Å²) in [6.45, 7) is 4.32. The van der Waals surface area contributed by atoms with E-state index in [1.165, 1.54) is 11.8 Å². The molecule has 0 aliphatic carbocycles. The number of aromatic nitrogens is 1. The lowest BCUT2D eigenvalue weighted by atomic mass is 9.99. The number of nitrogens with one attached hydrogen (secondary N) is 1. The van der Waals surface area contributed by atoms with Gasteiger partial charge in [0, 0.05) is 21.8 Å². The molecule has 0 unspecified atom stereocenters. The molecule has 5 nitrogen and oxygen atoms in total. The highest BCUT2D eigenvalue weighted by atomic mass is 35.5. The molecule has 0 bridgehead atoms. The van der Waals surface area contributed by atoms with Crippen LogP contribution in [-0.2, 0) is 4.79 Å². The van der Waals surface area contributed by atoms with E-state index in [2.05, 4.69) is 11.4 Å². The van der Waals surface area contributed by atoms with E-state index >= 15 is 0 Å². The zero-order valence-corrected chi connectivity index (χ0v) is 21.4. The number of carbonyl (C=O) groups is 1. The van der Waals surface area contributed by atoms with Crippen LogP contribution in [-0.4, -0.2) is 22.7 Å². The molecule has 0 aliphatic heterocycles. The SMILES string of the molecule is CCOc1ccc(-c2cc(-c3ccccc3)c(C#N)c(S[C@H](C)C(=O)Nc3cccc(Cl)c3)n2)cc1. The number of amides is 1. The number of ether oxygens (including phenoxy) is 1. The quantitative estimate of drug-likeness (QED) is 0.247. The molecule has 0 saturated carbocycles. The van der Waals surface area contributed by atoms with Crippen LogP contribution in [0.15, 0.2) is 90.0 Å². The third-order valence-electron chi connectivity index (χ3n) is 5.39. The molecule has 1 aromatic heterocycles. The second-order valence-electron chi connectivity index (χ2n) is 7.93. The van der Waals surface area contributed by atoms with E-state index in [1.807, 2.05) is 67.6 Å². The number of carbonyl (C=O) groups excluding carboxylic acids is 1. The molecule has 1 amide bonds. The molecule has 0 spiro atoms. The molecule has 0 radical (unpaired) electrons. The van der Waals surface area contributed by atoms with Crippen LogP contribution < -0.4 is 10.1 Å². The zero-order chi connectivity index (χ0) is 25.5. The summed E-state index contributed by atoms with van der Waals surface area (Å²) >= 11 is 7.30. The van der Waals surface area contributed by atoms with Crippen LogP contribution in [0.2, 0.25) is 5.02 Å². The molecule has 0 fully saturated rings. The largest absolute Gasteiger partial charge is 0.494 e. The second kappa shape index (κ2) is 11.8. The van der Waals surface area contributed by atoms with Gasteiger partial charge < -0.3 is 10.1 Å². The van der Waals surface area contributed by atoms with Gasteiger partial charge in [-0.25, -0.2) is 4.98 Å². The number of anilines is 1. The van der Waals surface area contributed by atoms with Gasteiger partial charge in [0.2, 0.25) is 5.91 Å². The summed E-state index contributed by atoms with van der Waals surface area (Å²) in [4.78, 5) is 17.8. The van der Waals surface area contributed by atoms with Gasteiger partial charge in [-0.1, -0.05) is 59.8 Å². The number of halogens is 1. The smallest absolute Gasteiger partial charge is 0.237 e. The van der Waals surface area contributed by atoms with Gasteiger partial charge in [-0.3, -0.25) is 4.79 Å². The van der Waals surface area contributed by atoms with Crippen LogP contribution in [0.4, 0.5) is 5.69 Å². The summed E-state index contributed by atoms with van der Waals surface area (Å²) in [7, 11) is 0. The monoisotopic (exact) mass is 513 g/mol. The molecule has 4 rings (SSSR count). The van der Waals surface area contributed by atoms with Gasteiger partial charge in [0.25, 0.3) is 0 Å². The molecule has 7 heteroatoms. The topological polar surface area (TPSA) is 75.0 Å². The number of pyridine rings is 1. The first-order chi connectivity index (χ1) is 17.5. The van der Waals surface area contributed by atoms with E-state index in [0.29, 0.717) is 33.6 Å². The molecule has 1 heterocycles. The Morgan fingerprint density at radius 3 is 2.47 bits per heavy atom. The van der Waals surface area contributed by atoms with Crippen LogP contribution >= 0.6 is 23.4 Å². The number of rotatable bonds is 8. The van der Waals surface area contributed by atoms with Gasteiger partial charge in [0.05, 0.1) is 23.1 Å². The minimum absolute atomic E-state index is 0.208. The fraction of sp³-hybridized carbons (Fsp3) is 0.138. The van der Waals surface area contributed by atoms with E-state index in [4.69, 9.17) is 21.3 Å². The molecule has 180 valence electrons. The van der Waals surface area contributed by atoms with Gasteiger partial charge in [-0.2, -0.15) is 5.26 Å². The van der Waals surface area contributed by atoms with Gasteiger partial charge in [0.1, 0.15) is 16.8 Å². The van der Waals surface area contributed by atoms with E-state index in [-0.39, 0.29) is 5.91 Å². The number of nitrogens with zero attached hydrogens (tertiary/aromatic N) is 2. The maximum atomic E-state index is 12.9. The Morgan fingerprint density at radius 2 is 1.81 bits per heavy atom. The van der Waals surface area contributed by atoms with Crippen molar-refractivity contribution in [3.8, 4) is 34.2 Å². The molecule has 1 atom stereocenters. The highest BCUT2D eigenvalue weighted by Gasteiger charge is 2.21. The predicted octanol–water partition coefficient (Wildman–Crippen LogP) is 7.46. The maximum Gasteiger partial charge on any atom is 0.237 e. The molecule has 0 aliphatic rings. The number of thioether (sulfide) groups is 1. The lowest BCUT2D eigenvalue weighted by molar-refractivity contribution is -0.115. The number of benzene rings is 3. The lowest BCUT2D eigenvalue weighted by Crippen LogP contribution is -2.22. The second-order valence-corrected chi connectivity index (χ2v) is 9.70. The van der Waals surface area contributed by atoms with Crippen molar-refractivity contribution in [2.24, 2.45) is 0 Å². The van der Waals surface area contributed by atoms with Crippen molar-refractivity contribution in [1.29, 1.82) is 5.26 Å². The average Bonchev–Trinajstić information content (AvgIpc) is 2.89. The predicted molar refractivity (Wildman–Crippen MR) is 146 cm³/mol. The Balaban J connectivity index is 1.71. The van der Waals surface area contributed by atoms with Gasteiger partial charge >= 0.3 is 0 Å². The summed E-state index contributed by atoms with van der Waals surface area (Å²) in [6.07, 6.45) is 0. The van der Waals surface area contributed by atoms with E-state index in [9.17, 15) is 10.1 Å². The minimum atomic E-state index is -0.511. The molecular formula is C29H24ClN3O2S. The van der Waals surface area contributed by atoms with Crippen LogP contribution in [0.1, 0.15) is 19.4 Å². The van der Waals surface area contributed by atoms with Gasteiger partial charge in [-0.15, -0.1) is 0 Å². The van der Waals surface area contributed by atoms with Crippen LogP contribution in [0.5, 0.6) is 5.75 Å². The van der Waals surface area contributed by atoms with E-state index in [0.717, 1.165) is 22.4 Å². The number of hydrogen-bond acceptors (Lipinski definition) is 5. The lowest BCUT2D eigenvalue weighted by Gasteiger charge is -2.16. The molecule has 36 heavy (non-hydrogen) atoms. The van der Waals surface area contributed by atoms with E-state index < -0.39 is 5.25 Å². The third kappa shape index (κ3) is 6.06. The van der Waals surface area contributed by atoms with Gasteiger partial charge in [-0.05, 0) is 67.9 Å². The van der Waals surface area contributed by atoms with Crippen molar-refractivity contribution in [3.05, 3.63) is 95.5 Å². The van der Waals surface area contributed by atoms with Crippen molar-refractivity contribution >= 4 is 35.0 Å². The first-order valence-corrected chi connectivity index (χ1v) is 12.7. The Hall–Kier alpha value is -3.79. The molecule has 1 N–H and O–H groups in total. The zero-order valence-electron chi connectivity index (χ0n) is 19.9. The normalized spacial score (nSPS) is 11.4. The van der Waals surface area contributed by atoms with Crippen molar-refractivity contribution in [3.63, 3.8) is 0 Å². The Labute approximate surface area is 220 Å². The molecular weight excluding hydrogens is 490 g/mol. The summed E-state index contributed by atoms with van der Waals surface area (Å²) in [5.74, 6) is 0.569. The highest BCUT2D eigenvalue weighted by Crippen LogP contribution is 2.36. The summed E-state index contributed by atoms with van der Waals surface area (Å²) < 4.78 is 5.56. The Kier molecular flexibility index (Phi) is 8.27. The molecule has 4 aromatic rings. The number of hydrogen-bond donors (Lipinski definition) is 1. The first kappa shape index (κ1) is 25.3. The van der Waals surface area contributed by atoms with Crippen molar-refractivity contribution in [1.82, 2.24) is 4.98 Å². The van der Waals surface area contributed by atoms with Crippen molar-refractivity contribution < 1.29 is 9.53 Å². The highest BCUT2D eigenvalue weighted by molar-refractivity contribution is 8.00. The van der Waals surface area contributed by atoms with Crippen molar-refractivity contribution in [2.45, 2.75) is 24.1 Å². The molecule has 3 aromatic carbocycles. The fourth-order valence-corrected chi connectivity index (χ4v) is 4.74. The summed E-state index contributed by atoms with van der Waals surface area (Å²) in [5, 5.41) is 13.5. The standard InChI is InChI=1S/C29H24ClN3O2S/c1-3-35-24-14-12-21(13-15-24)27-17-25(20-8-5-4-6-9-20)26(18-31)29(33-27)36-19(2)28(34)32-23-11-7-10-22(30)16-23/h4-17,19H,3H2,1-2H3,(H,32,34)/t19-/m1/s1. The summed E-state index contributed by atoms with van der Waals surface area (Å²) in [5.41, 5.74) is 4.31. The maximum absolute atomic E-state index is 12.9. The number of nitriles is 1. The Bertz CT molecular complexity index is 1400. The van der Waals surface area contributed by atoms with Gasteiger partial charge in [0.15, 0.2) is 0 Å². The summed E-state index contributed by atoms with van der Waals surface area (Å²) in [6, 6.07) is 28.6. The van der Waals surface area contributed by atoms with Crippen LogP contribution in [0, 0.1) is 11.3 Å². The van der Waals surface area contributed by atoms with Crippen LogP contribution in [0.25, 0.3) is 22.4 Å². The first-order valence-electron chi connectivity index (χ1n) is 11.5.